The van der Waals surface area contributed by atoms with Crippen LogP contribution >= 0.6 is 0 Å². The van der Waals surface area contributed by atoms with Crippen LogP contribution in [0.4, 0.5) is 15.9 Å². The summed E-state index contributed by atoms with van der Waals surface area (Å²) in [6.07, 6.45) is 1.33. The quantitative estimate of drug-likeness (QED) is 0.333. The van der Waals surface area contributed by atoms with E-state index in [-0.39, 0.29) is 40.7 Å². The van der Waals surface area contributed by atoms with E-state index in [9.17, 15) is 24.3 Å². The van der Waals surface area contributed by atoms with Crippen LogP contribution in [-0.4, -0.2) is 28.4 Å². The van der Waals surface area contributed by atoms with Gasteiger partial charge in [0.15, 0.2) is 11.6 Å². The van der Waals surface area contributed by atoms with Crippen LogP contribution in [-0.2, 0) is 4.79 Å². The second-order valence-corrected chi connectivity index (χ2v) is 7.32. The van der Waals surface area contributed by atoms with Crippen LogP contribution in [0.2, 0.25) is 0 Å². The zero-order chi connectivity index (χ0) is 24.9. The van der Waals surface area contributed by atoms with Gasteiger partial charge in [0.25, 0.3) is 5.91 Å². The molecule has 174 valence electrons. The molecule has 2 aromatic carbocycles. The van der Waals surface area contributed by atoms with E-state index in [1.165, 1.54) is 30.5 Å². The fraction of sp³-hybridized carbons (Fsp3) is 0.0400. The number of benzene rings is 2. The van der Waals surface area contributed by atoms with Gasteiger partial charge >= 0.3 is 0 Å². The number of hydrogen-bond acceptors (Lipinski definition) is 7. The first-order chi connectivity index (χ1) is 16.9. The Morgan fingerprint density at radius 1 is 1.09 bits per heavy atom. The van der Waals surface area contributed by atoms with Crippen LogP contribution < -0.4 is 16.4 Å². The molecule has 2 heterocycles. The first-order valence-corrected chi connectivity index (χ1v) is 10.3. The number of pyridine rings is 1. The predicted molar refractivity (Wildman–Crippen MR) is 126 cm³/mol. The van der Waals surface area contributed by atoms with Gasteiger partial charge in [0, 0.05) is 22.9 Å². The molecular formula is C25H18FN5O4. The molecule has 9 nitrogen and oxygen atoms in total. The van der Waals surface area contributed by atoms with Gasteiger partial charge in [-0.2, -0.15) is 5.26 Å². The number of nitrogens with one attached hydrogen (secondary N) is 2. The van der Waals surface area contributed by atoms with Crippen LogP contribution in [0, 0.1) is 17.1 Å². The van der Waals surface area contributed by atoms with E-state index in [0.717, 1.165) is 12.1 Å². The highest BCUT2D eigenvalue weighted by Gasteiger charge is 2.20. The van der Waals surface area contributed by atoms with Crippen molar-refractivity contribution in [2.24, 2.45) is 5.73 Å². The molecule has 35 heavy (non-hydrogen) atoms. The molecule has 5 N–H and O–H groups in total. The number of aromatic nitrogens is 1. The van der Waals surface area contributed by atoms with Crippen molar-refractivity contribution >= 4 is 23.3 Å². The zero-order valence-corrected chi connectivity index (χ0v) is 18.1. The highest BCUT2D eigenvalue weighted by atomic mass is 19.1. The number of amides is 2. The monoisotopic (exact) mass is 471 g/mol. The van der Waals surface area contributed by atoms with Gasteiger partial charge in [-0.15, -0.1) is 0 Å². The van der Waals surface area contributed by atoms with Crippen molar-refractivity contribution < 1.29 is 23.5 Å². The molecule has 0 unspecified atom stereocenters. The van der Waals surface area contributed by atoms with Gasteiger partial charge in [-0.25, -0.2) is 9.37 Å². The van der Waals surface area contributed by atoms with Crippen molar-refractivity contribution in [3.05, 3.63) is 84.1 Å². The summed E-state index contributed by atoms with van der Waals surface area (Å²) in [7, 11) is 0. The van der Waals surface area contributed by atoms with E-state index < -0.39 is 17.6 Å². The standard InChI is InChI=1S/C25H18FN5O4/c26-15-6-7-17(21(32)10-15)20-11-18(14-3-1-4-16(9-14)29-23(33)13-28)19(12-27)24(30-20)31-25(34)22-5-2-8-35-22/h1-11,32H,13,28H2,(H,29,33)(H,30,31,34). The molecule has 4 rings (SSSR count). The summed E-state index contributed by atoms with van der Waals surface area (Å²) in [5.41, 5.74) is 7.03. The molecule has 0 aliphatic rings. The zero-order valence-electron chi connectivity index (χ0n) is 18.1. The molecule has 2 amide bonds. The number of nitrogens with two attached hydrogens (primary N) is 1. The van der Waals surface area contributed by atoms with E-state index >= 15 is 0 Å². The third kappa shape index (κ3) is 5.00. The number of carbonyl (C=O) groups is 2. The Labute approximate surface area is 198 Å². The summed E-state index contributed by atoms with van der Waals surface area (Å²) in [6.45, 7) is -0.208. The van der Waals surface area contributed by atoms with Crippen molar-refractivity contribution in [3.8, 4) is 34.2 Å². The fourth-order valence-electron chi connectivity index (χ4n) is 3.39. The van der Waals surface area contributed by atoms with E-state index in [1.807, 2.05) is 6.07 Å². The Kier molecular flexibility index (Phi) is 6.53. The van der Waals surface area contributed by atoms with Gasteiger partial charge < -0.3 is 25.9 Å². The number of nitriles is 1. The summed E-state index contributed by atoms with van der Waals surface area (Å²) >= 11 is 0. The summed E-state index contributed by atoms with van der Waals surface area (Å²) in [4.78, 5) is 28.7. The molecule has 4 aromatic rings. The molecule has 0 spiro atoms. The number of phenols is 1. The van der Waals surface area contributed by atoms with Gasteiger partial charge in [-0.1, -0.05) is 12.1 Å². The topological polar surface area (TPSA) is 154 Å². The van der Waals surface area contributed by atoms with Gasteiger partial charge in [0.05, 0.1) is 18.5 Å². The second-order valence-electron chi connectivity index (χ2n) is 7.32. The van der Waals surface area contributed by atoms with Crippen molar-refractivity contribution in [1.29, 1.82) is 5.26 Å². The molecule has 0 radical (unpaired) electrons. The number of carbonyl (C=O) groups excluding carboxylic acids is 2. The van der Waals surface area contributed by atoms with Crippen LogP contribution in [0.15, 0.2) is 71.3 Å². The lowest BCUT2D eigenvalue weighted by molar-refractivity contribution is -0.114. The Bertz CT molecular complexity index is 1460. The molecule has 0 aliphatic carbocycles. The minimum absolute atomic E-state index is 0.00114. The minimum Gasteiger partial charge on any atom is -0.507 e. The summed E-state index contributed by atoms with van der Waals surface area (Å²) in [5, 5.41) is 25.5. The maximum Gasteiger partial charge on any atom is 0.292 e. The van der Waals surface area contributed by atoms with E-state index in [0.29, 0.717) is 16.8 Å². The Morgan fingerprint density at radius 3 is 2.60 bits per heavy atom. The number of rotatable bonds is 6. The number of aromatic hydroxyl groups is 1. The van der Waals surface area contributed by atoms with Gasteiger partial charge in [-0.05, 0) is 48.0 Å². The molecule has 2 aromatic heterocycles. The second kappa shape index (κ2) is 9.86. The third-order valence-corrected chi connectivity index (χ3v) is 4.99. The van der Waals surface area contributed by atoms with Crippen molar-refractivity contribution in [2.75, 3.05) is 17.2 Å². The lowest BCUT2D eigenvalue weighted by Gasteiger charge is -2.14. The highest BCUT2D eigenvalue weighted by molar-refractivity contribution is 6.03. The molecular weight excluding hydrogens is 453 g/mol. The van der Waals surface area contributed by atoms with Crippen molar-refractivity contribution in [2.45, 2.75) is 0 Å². The third-order valence-electron chi connectivity index (χ3n) is 4.99. The molecule has 0 fully saturated rings. The average Bonchev–Trinajstić information content (AvgIpc) is 3.39. The number of nitrogens with zero attached hydrogens (tertiary/aromatic N) is 2. The van der Waals surface area contributed by atoms with Crippen LogP contribution in [0.5, 0.6) is 5.75 Å². The SMILES string of the molecule is N#Cc1c(-c2cccc(NC(=O)CN)c2)cc(-c2ccc(F)cc2O)nc1NC(=O)c1ccco1. The molecule has 0 bridgehead atoms. The van der Waals surface area contributed by atoms with Gasteiger partial charge in [0.1, 0.15) is 23.2 Å². The largest absolute Gasteiger partial charge is 0.507 e. The maximum atomic E-state index is 13.6. The summed E-state index contributed by atoms with van der Waals surface area (Å²) < 4.78 is 18.7. The maximum absolute atomic E-state index is 13.6. The average molecular weight is 471 g/mol. The molecule has 0 atom stereocenters. The number of furan rings is 1. The first-order valence-electron chi connectivity index (χ1n) is 10.3. The normalized spacial score (nSPS) is 10.4. The molecule has 10 heteroatoms. The van der Waals surface area contributed by atoms with E-state index in [4.69, 9.17) is 10.2 Å². The number of halogens is 1. The van der Waals surface area contributed by atoms with Gasteiger partial charge in [0.2, 0.25) is 5.91 Å². The minimum atomic E-state index is -0.644. The van der Waals surface area contributed by atoms with Crippen molar-refractivity contribution in [3.63, 3.8) is 0 Å². The highest BCUT2D eigenvalue weighted by Crippen LogP contribution is 2.36. The van der Waals surface area contributed by atoms with Crippen molar-refractivity contribution in [1.82, 2.24) is 4.98 Å². The van der Waals surface area contributed by atoms with Gasteiger partial charge in [-0.3, -0.25) is 9.59 Å². The van der Waals surface area contributed by atoms with Crippen LogP contribution in [0.1, 0.15) is 16.1 Å². The number of anilines is 2. The number of phenolic OH excluding ortho intramolecular Hbond substituents is 1. The predicted octanol–water partition coefficient (Wildman–Crippen LogP) is 3.87. The fourth-order valence-corrected chi connectivity index (χ4v) is 3.39. The van der Waals surface area contributed by atoms with E-state index in [2.05, 4.69) is 15.6 Å². The molecule has 0 saturated heterocycles. The summed E-state index contributed by atoms with van der Waals surface area (Å²) in [5.74, 6) is -2.16. The Morgan fingerprint density at radius 2 is 1.91 bits per heavy atom. The lowest BCUT2D eigenvalue weighted by Crippen LogP contribution is -2.21. The smallest absolute Gasteiger partial charge is 0.292 e. The Balaban J connectivity index is 1.89. The molecule has 0 aliphatic heterocycles. The molecule has 0 saturated carbocycles. The lowest BCUT2D eigenvalue weighted by atomic mass is 9.97. The number of hydrogen-bond donors (Lipinski definition) is 4. The first kappa shape index (κ1) is 23.2. The van der Waals surface area contributed by atoms with Crippen LogP contribution in [0.25, 0.3) is 22.4 Å². The van der Waals surface area contributed by atoms with E-state index in [1.54, 1.807) is 24.3 Å². The summed E-state index contributed by atoms with van der Waals surface area (Å²) in [6, 6.07) is 16.6. The van der Waals surface area contributed by atoms with Crippen LogP contribution in [0.3, 0.4) is 0 Å². The Hall–Kier alpha value is -5.01.